The first-order valence-electron chi connectivity index (χ1n) is 10.7. The van der Waals surface area contributed by atoms with Crippen molar-refractivity contribution in [3.8, 4) is 11.3 Å². The van der Waals surface area contributed by atoms with Crippen molar-refractivity contribution in [2.24, 2.45) is 0 Å². The van der Waals surface area contributed by atoms with Crippen LogP contribution in [-0.2, 0) is 4.79 Å². The van der Waals surface area contributed by atoms with Gasteiger partial charge in [0.25, 0.3) is 0 Å². The Morgan fingerprint density at radius 3 is 2.55 bits per heavy atom. The molecule has 0 spiro atoms. The number of halogens is 1. The van der Waals surface area contributed by atoms with E-state index in [4.69, 9.17) is 0 Å². The standard InChI is InChI=1S/C24H28FN5O/c1-18(23-27-17-21(28-23)19-7-3-2-4-8-19)24(31)26-11-12-29-13-15-30(16-14-29)22-10-6-5-9-20(22)25/h2-10,17-18H,11-16H2,1H3,(H,26,31)(H,27,28). The number of aromatic amines is 1. The Bertz CT molecular complexity index is 998. The number of hydrogen-bond donors (Lipinski definition) is 2. The zero-order chi connectivity index (χ0) is 21.6. The van der Waals surface area contributed by atoms with Gasteiger partial charge in [0, 0.05) is 39.3 Å². The number of benzene rings is 2. The van der Waals surface area contributed by atoms with Gasteiger partial charge < -0.3 is 15.2 Å². The molecule has 1 unspecified atom stereocenters. The number of piperazine rings is 1. The molecule has 1 aliphatic heterocycles. The lowest BCUT2D eigenvalue weighted by Gasteiger charge is -2.36. The van der Waals surface area contributed by atoms with E-state index in [2.05, 4.69) is 25.1 Å². The molecule has 0 saturated carbocycles. The topological polar surface area (TPSA) is 64.3 Å². The van der Waals surface area contributed by atoms with E-state index in [-0.39, 0.29) is 17.6 Å². The minimum Gasteiger partial charge on any atom is -0.367 e. The molecule has 1 amide bonds. The van der Waals surface area contributed by atoms with Crippen molar-refractivity contribution in [3.05, 3.63) is 72.4 Å². The number of imidazole rings is 1. The lowest BCUT2D eigenvalue weighted by Crippen LogP contribution is -2.48. The number of carbonyl (C=O) groups is 1. The monoisotopic (exact) mass is 421 g/mol. The maximum atomic E-state index is 14.0. The van der Waals surface area contributed by atoms with Crippen LogP contribution in [0.25, 0.3) is 11.3 Å². The Labute approximate surface area is 182 Å². The van der Waals surface area contributed by atoms with Gasteiger partial charge in [-0.1, -0.05) is 42.5 Å². The molecule has 1 atom stereocenters. The van der Waals surface area contributed by atoms with Crippen molar-refractivity contribution >= 4 is 11.6 Å². The fourth-order valence-electron chi connectivity index (χ4n) is 3.86. The summed E-state index contributed by atoms with van der Waals surface area (Å²) in [6.45, 7) is 6.46. The number of nitrogens with one attached hydrogen (secondary N) is 2. The molecule has 6 nitrogen and oxygen atoms in total. The molecule has 1 saturated heterocycles. The summed E-state index contributed by atoms with van der Waals surface area (Å²) in [6.07, 6.45) is 1.77. The second-order valence-corrected chi connectivity index (χ2v) is 7.84. The van der Waals surface area contributed by atoms with Crippen molar-refractivity contribution in [2.45, 2.75) is 12.8 Å². The van der Waals surface area contributed by atoms with Gasteiger partial charge in [-0.05, 0) is 24.6 Å². The normalized spacial score (nSPS) is 15.6. The van der Waals surface area contributed by atoms with E-state index in [0.29, 0.717) is 18.1 Å². The molecule has 162 valence electrons. The van der Waals surface area contributed by atoms with Gasteiger partial charge in [-0.15, -0.1) is 0 Å². The first-order chi connectivity index (χ1) is 15.1. The van der Waals surface area contributed by atoms with Gasteiger partial charge in [-0.3, -0.25) is 9.69 Å². The molecule has 31 heavy (non-hydrogen) atoms. The quantitative estimate of drug-likeness (QED) is 0.615. The van der Waals surface area contributed by atoms with Gasteiger partial charge in [0.2, 0.25) is 5.91 Å². The smallest absolute Gasteiger partial charge is 0.230 e. The molecule has 1 aliphatic rings. The van der Waals surface area contributed by atoms with Crippen molar-refractivity contribution < 1.29 is 9.18 Å². The number of nitrogens with zero attached hydrogens (tertiary/aromatic N) is 3. The van der Waals surface area contributed by atoms with Crippen molar-refractivity contribution in [3.63, 3.8) is 0 Å². The first kappa shape index (κ1) is 21.1. The van der Waals surface area contributed by atoms with E-state index >= 15 is 0 Å². The zero-order valence-electron chi connectivity index (χ0n) is 17.7. The van der Waals surface area contributed by atoms with Crippen LogP contribution in [0.15, 0.2) is 60.8 Å². The Hall–Kier alpha value is -3.19. The number of rotatable bonds is 7. The summed E-state index contributed by atoms with van der Waals surface area (Å²) >= 11 is 0. The van der Waals surface area contributed by atoms with Gasteiger partial charge >= 0.3 is 0 Å². The van der Waals surface area contributed by atoms with Gasteiger partial charge in [-0.2, -0.15) is 0 Å². The van der Waals surface area contributed by atoms with Crippen molar-refractivity contribution in [1.29, 1.82) is 0 Å². The fraction of sp³-hybridized carbons (Fsp3) is 0.333. The number of amides is 1. The van der Waals surface area contributed by atoms with Crippen LogP contribution in [0.1, 0.15) is 18.7 Å². The molecular weight excluding hydrogens is 393 g/mol. The maximum Gasteiger partial charge on any atom is 0.230 e. The predicted octanol–water partition coefficient (Wildman–Crippen LogP) is 3.26. The highest BCUT2D eigenvalue weighted by molar-refractivity contribution is 5.82. The highest BCUT2D eigenvalue weighted by atomic mass is 19.1. The number of hydrogen-bond acceptors (Lipinski definition) is 4. The zero-order valence-corrected chi connectivity index (χ0v) is 17.7. The lowest BCUT2D eigenvalue weighted by atomic mass is 10.1. The molecule has 3 aromatic rings. The summed E-state index contributed by atoms with van der Waals surface area (Å²) < 4.78 is 14.0. The van der Waals surface area contributed by atoms with Gasteiger partial charge in [0.05, 0.1) is 23.5 Å². The second kappa shape index (κ2) is 9.75. The van der Waals surface area contributed by atoms with Crippen molar-refractivity contribution in [1.82, 2.24) is 20.2 Å². The number of carbonyl (C=O) groups excluding carboxylic acids is 1. The molecule has 2 heterocycles. The van der Waals surface area contributed by atoms with E-state index < -0.39 is 0 Å². The molecule has 1 aromatic heterocycles. The number of aromatic nitrogens is 2. The predicted molar refractivity (Wildman–Crippen MR) is 121 cm³/mol. The molecule has 1 fully saturated rings. The summed E-state index contributed by atoms with van der Waals surface area (Å²) in [7, 11) is 0. The minimum atomic E-state index is -0.352. The molecule has 0 bridgehead atoms. The molecule has 0 radical (unpaired) electrons. The van der Waals surface area contributed by atoms with Crippen molar-refractivity contribution in [2.75, 3.05) is 44.2 Å². The van der Waals surface area contributed by atoms with Crippen LogP contribution in [0.5, 0.6) is 0 Å². The lowest BCUT2D eigenvalue weighted by molar-refractivity contribution is -0.122. The largest absolute Gasteiger partial charge is 0.367 e. The highest BCUT2D eigenvalue weighted by Gasteiger charge is 2.21. The highest BCUT2D eigenvalue weighted by Crippen LogP contribution is 2.21. The Morgan fingerprint density at radius 1 is 1.10 bits per heavy atom. The third kappa shape index (κ3) is 5.11. The molecule has 2 N–H and O–H groups in total. The third-order valence-corrected chi connectivity index (χ3v) is 5.78. The minimum absolute atomic E-state index is 0.0426. The van der Waals surface area contributed by atoms with E-state index in [1.807, 2.05) is 49.4 Å². The van der Waals surface area contributed by atoms with Gasteiger partial charge in [0.1, 0.15) is 11.6 Å². The van der Waals surface area contributed by atoms with Gasteiger partial charge in [0.15, 0.2) is 0 Å². The van der Waals surface area contributed by atoms with Crippen LogP contribution in [0.4, 0.5) is 10.1 Å². The number of H-pyrrole nitrogens is 1. The van der Waals surface area contributed by atoms with Crippen LogP contribution in [0.2, 0.25) is 0 Å². The number of para-hydroxylation sites is 1. The fourth-order valence-corrected chi connectivity index (χ4v) is 3.86. The maximum absolute atomic E-state index is 14.0. The van der Waals surface area contributed by atoms with Crippen LogP contribution in [0.3, 0.4) is 0 Å². The summed E-state index contributed by atoms with van der Waals surface area (Å²) in [5, 5.41) is 3.02. The molecule has 7 heteroatoms. The van der Waals surface area contributed by atoms with E-state index in [1.54, 1.807) is 12.3 Å². The first-order valence-corrected chi connectivity index (χ1v) is 10.7. The SMILES string of the molecule is CC(C(=O)NCCN1CCN(c2ccccc2F)CC1)c1ncc(-c2ccccc2)[nH]1. The number of anilines is 1. The average Bonchev–Trinajstić information content (AvgIpc) is 3.30. The summed E-state index contributed by atoms with van der Waals surface area (Å²) in [4.78, 5) is 24.6. The van der Waals surface area contributed by atoms with E-state index in [0.717, 1.165) is 44.0 Å². The third-order valence-electron chi connectivity index (χ3n) is 5.78. The average molecular weight is 422 g/mol. The van der Waals surface area contributed by atoms with Crippen LogP contribution < -0.4 is 10.2 Å². The van der Waals surface area contributed by atoms with Crippen LogP contribution in [0, 0.1) is 5.82 Å². The second-order valence-electron chi connectivity index (χ2n) is 7.84. The molecule has 0 aliphatic carbocycles. The summed E-state index contributed by atoms with van der Waals surface area (Å²) in [6, 6.07) is 16.8. The van der Waals surface area contributed by atoms with E-state index in [1.165, 1.54) is 6.07 Å². The Morgan fingerprint density at radius 2 is 1.81 bits per heavy atom. The molecular formula is C24H28FN5O. The Kier molecular flexibility index (Phi) is 6.62. The Balaban J connectivity index is 1.22. The molecule has 4 rings (SSSR count). The summed E-state index contributed by atoms with van der Waals surface area (Å²) in [5.41, 5.74) is 2.61. The van der Waals surface area contributed by atoms with E-state index in [9.17, 15) is 9.18 Å². The van der Waals surface area contributed by atoms with Crippen LogP contribution >= 0.6 is 0 Å². The van der Waals surface area contributed by atoms with Crippen LogP contribution in [-0.4, -0.2) is 60.0 Å². The molecule has 2 aromatic carbocycles. The van der Waals surface area contributed by atoms with Gasteiger partial charge in [-0.25, -0.2) is 9.37 Å². The summed E-state index contributed by atoms with van der Waals surface area (Å²) in [5.74, 6) is 0.0923.